The summed E-state index contributed by atoms with van der Waals surface area (Å²) in [4.78, 5) is 24.5. The molecule has 0 aliphatic heterocycles. The standard InChI is InChI=1S/C24H28ClNO4/c25-15-7-12-21(24(29)30-18-20-10-5-2-6-11-20)16-22(27)13-14-23(28)26-17-19-8-3-1-4-9-19/h1-6,8-11,16,22,27H,7,12-15,17-18H2,(H,26,28)/b21-16+/t22-/m1/s1. The Morgan fingerprint density at radius 1 is 1.00 bits per heavy atom. The van der Waals surface area contributed by atoms with E-state index in [0.717, 1.165) is 11.1 Å². The summed E-state index contributed by atoms with van der Waals surface area (Å²) in [6.07, 6.45) is 1.95. The average Bonchev–Trinajstić information content (AvgIpc) is 2.78. The molecule has 1 atom stereocenters. The molecule has 0 aliphatic rings. The van der Waals surface area contributed by atoms with E-state index in [2.05, 4.69) is 5.32 Å². The molecule has 5 nitrogen and oxygen atoms in total. The van der Waals surface area contributed by atoms with Gasteiger partial charge in [0.25, 0.3) is 0 Å². The number of amides is 1. The van der Waals surface area contributed by atoms with E-state index in [-0.39, 0.29) is 25.4 Å². The van der Waals surface area contributed by atoms with Crippen LogP contribution < -0.4 is 5.32 Å². The molecule has 0 aromatic heterocycles. The molecule has 2 aromatic rings. The van der Waals surface area contributed by atoms with Gasteiger partial charge in [0.2, 0.25) is 5.91 Å². The Morgan fingerprint density at radius 2 is 1.63 bits per heavy atom. The normalized spacial score (nSPS) is 12.3. The summed E-state index contributed by atoms with van der Waals surface area (Å²) in [6.45, 7) is 0.605. The maximum Gasteiger partial charge on any atom is 0.334 e. The summed E-state index contributed by atoms with van der Waals surface area (Å²) in [7, 11) is 0. The van der Waals surface area contributed by atoms with Crippen molar-refractivity contribution in [2.45, 2.75) is 44.9 Å². The third kappa shape index (κ3) is 9.25. The van der Waals surface area contributed by atoms with Gasteiger partial charge in [-0.25, -0.2) is 4.79 Å². The highest BCUT2D eigenvalue weighted by atomic mass is 35.5. The van der Waals surface area contributed by atoms with Gasteiger partial charge < -0.3 is 15.2 Å². The second-order valence-electron chi connectivity index (χ2n) is 6.91. The number of rotatable bonds is 12. The van der Waals surface area contributed by atoms with Gasteiger partial charge in [-0.1, -0.05) is 60.7 Å². The molecule has 6 heteroatoms. The predicted molar refractivity (Wildman–Crippen MR) is 118 cm³/mol. The zero-order valence-electron chi connectivity index (χ0n) is 16.9. The predicted octanol–water partition coefficient (Wildman–Crippen LogP) is 4.13. The SMILES string of the molecule is O=C(CC[C@@H](O)/C=C(\CCCCl)C(=O)OCc1ccccc1)NCc1ccccc1. The minimum absolute atomic E-state index is 0.153. The van der Waals surface area contributed by atoms with Crippen molar-refractivity contribution in [2.24, 2.45) is 0 Å². The Labute approximate surface area is 182 Å². The molecule has 160 valence electrons. The quantitative estimate of drug-likeness (QED) is 0.302. The average molecular weight is 430 g/mol. The van der Waals surface area contributed by atoms with E-state index in [1.54, 1.807) is 0 Å². The highest BCUT2D eigenvalue weighted by Crippen LogP contribution is 2.14. The van der Waals surface area contributed by atoms with Crippen LogP contribution in [-0.4, -0.2) is 29.0 Å². The summed E-state index contributed by atoms with van der Waals surface area (Å²) in [5, 5.41) is 13.1. The van der Waals surface area contributed by atoms with E-state index in [0.29, 0.717) is 30.8 Å². The van der Waals surface area contributed by atoms with Gasteiger partial charge in [-0.15, -0.1) is 11.6 Å². The molecule has 1 amide bonds. The minimum atomic E-state index is -0.915. The summed E-state index contributed by atoms with van der Waals surface area (Å²) >= 11 is 5.75. The van der Waals surface area contributed by atoms with Crippen LogP contribution in [0.15, 0.2) is 72.3 Å². The molecule has 0 fully saturated rings. The van der Waals surface area contributed by atoms with E-state index >= 15 is 0 Å². The van der Waals surface area contributed by atoms with Crippen LogP contribution in [0.25, 0.3) is 0 Å². The van der Waals surface area contributed by atoms with E-state index < -0.39 is 12.1 Å². The maximum absolute atomic E-state index is 12.4. The van der Waals surface area contributed by atoms with Gasteiger partial charge in [0, 0.05) is 24.4 Å². The lowest BCUT2D eigenvalue weighted by atomic mass is 10.1. The fraction of sp³-hybridized carbons (Fsp3) is 0.333. The van der Waals surface area contributed by atoms with Crippen LogP contribution >= 0.6 is 11.6 Å². The second-order valence-corrected chi connectivity index (χ2v) is 7.29. The van der Waals surface area contributed by atoms with Gasteiger partial charge in [0.15, 0.2) is 0 Å². The third-order valence-electron chi connectivity index (χ3n) is 4.45. The highest BCUT2D eigenvalue weighted by molar-refractivity contribution is 6.17. The number of carbonyl (C=O) groups excluding carboxylic acids is 2. The monoisotopic (exact) mass is 429 g/mol. The topological polar surface area (TPSA) is 75.6 Å². The highest BCUT2D eigenvalue weighted by Gasteiger charge is 2.14. The van der Waals surface area contributed by atoms with Crippen molar-refractivity contribution in [3.05, 3.63) is 83.4 Å². The van der Waals surface area contributed by atoms with Crippen LogP contribution in [0.3, 0.4) is 0 Å². The van der Waals surface area contributed by atoms with Crippen LogP contribution in [0.2, 0.25) is 0 Å². The fourth-order valence-corrected chi connectivity index (χ4v) is 2.94. The number of hydrogen-bond donors (Lipinski definition) is 2. The molecule has 0 saturated heterocycles. The van der Waals surface area contributed by atoms with Crippen LogP contribution in [0.5, 0.6) is 0 Å². The van der Waals surface area contributed by atoms with Crippen molar-refractivity contribution >= 4 is 23.5 Å². The first kappa shape index (κ1) is 23.6. The van der Waals surface area contributed by atoms with Gasteiger partial charge in [-0.3, -0.25) is 4.79 Å². The number of hydrogen-bond acceptors (Lipinski definition) is 4. The second kappa shape index (κ2) is 13.6. The van der Waals surface area contributed by atoms with Crippen LogP contribution in [0.1, 0.15) is 36.8 Å². The lowest BCUT2D eigenvalue weighted by Crippen LogP contribution is -2.24. The van der Waals surface area contributed by atoms with E-state index in [9.17, 15) is 14.7 Å². The molecule has 0 unspecified atom stereocenters. The molecule has 0 spiro atoms. The van der Waals surface area contributed by atoms with Crippen molar-refractivity contribution in [1.29, 1.82) is 0 Å². The first-order valence-electron chi connectivity index (χ1n) is 10.0. The van der Waals surface area contributed by atoms with Crippen molar-refractivity contribution < 1.29 is 19.4 Å². The van der Waals surface area contributed by atoms with E-state index in [1.807, 2.05) is 60.7 Å². The lowest BCUT2D eigenvalue weighted by molar-refractivity contribution is -0.140. The van der Waals surface area contributed by atoms with E-state index in [1.165, 1.54) is 6.08 Å². The number of carbonyl (C=O) groups is 2. The van der Waals surface area contributed by atoms with Crippen molar-refractivity contribution in [3.8, 4) is 0 Å². The first-order valence-corrected chi connectivity index (χ1v) is 10.6. The van der Waals surface area contributed by atoms with E-state index in [4.69, 9.17) is 16.3 Å². The molecule has 0 radical (unpaired) electrons. The third-order valence-corrected chi connectivity index (χ3v) is 4.72. The van der Waals surface area contributed by atoms with Crippen molar-refractivity contribution in [3.63, 3.8) is 0 Å². The molecule has 0 bridgehead atoms. The summed E-state index contributed by atoms with van der Waals surface area (Å²) in [6, 6.07) is 19.0. The lowest BCUT2D eigenvalue weighted by Gasteiger charge is -2.12. The molecule has 0 saturated carbocycles. The summed E-state index contributed by atoms with van der Waals surface area (Å²) in [5.74, 6) is -0.224. The Balaban J connectivity index is 1.83. The number of esters is 1. The fourth-order valence-electron chi connectivity index (χ4n) is 2.81. The zero-order chi connectivity index (χ0) is 21.6. The number of nitrogens with one attached hydrogen (secondary N) is 1. The van der Waals surface area contributed by atoms with Crippen LogP contribution in [-0.2, 0) is 27.5 Å². The molecule has 2 aromatic carbocycles. The molecule has 2 rings (SSSR count). The molecule has 30 heavy (non-hydrogen) atoms. The molecule has 0 heterocycles. The summed E-state index contributed by atoms with van der Waals surface area (Å²) in [5.41, 5.74) is 2.28. The zero-order valence-corrected chi connectivity index (χ0v) is 17.7. The van der Waals surface area contributed by atoms with Gasteiger partial charge in [0.05, 0.1) is 6.10 Å². The van der Waals surface area contributed by atoms with Gasteiger partial charge in [-0.05, 0) is 36.5 Å². The number of alkyl halides is 1. The van der Waals surface area contributed by atoms with Gasteiger partial charge in [0.1, 0.15) is 6.61 Å². The Morgan fingerprint density at radius 3 is 2.27 bits per heavy atom. The first-order chi connectivity index (χ1) is 14.6. The van der Waals surface area contributed by atoms with Crippen LogP contribution in [0.4, 0.5) is 0 Å². The molecular formula is C24H28ClNO4. The Kier molecular flexibility index (Phi) is 10.7. The number of aliphatic hydroxyl groups excluding tert-OH is 1. The largest absolute Gasteiger partial charge is 0.457 e. The number of aliphatic hydroxyl groups is 1. The van der Waals surface area contributed by atoms with Gasteiger partial charge in [-0.2, -0.15) is 0 Å². The summed E-state index contributed by atoms with van der Waals surface area (Å²) < 4.78 is 5.36. The Bertz CT molecular complexity index is 808. The van der Waals surface area contributed by atoms with Crippen molar-refractivity contribution in [1.82, 2.24) is 5.32 Å². The minimum Gasteiger partial charge on any atom is -0.457 e. The van der Waals surface area contributed by atoms with Gasteiger partial charge >= 0.3 is 5.97 Å². The van der Waals surface area contributed by atoms with Crippen molar-refractivity contribution in [2.75, 3.05) is 5.88 Å². The number of ether oxygens (including phenoxy) is 1. The number of benzene rings is 2. The molecule has 2 N–H and O–H groups in total. The molecule has 0 aliphatic carbocycles. The molecular weight excluding hydrogens is 402 g/mol. The number of halogens is 1. The smallest absolute Gasteiger partial charge is 0.334 e. The Hall–Kier alpha value is -2.63. The maximum atomic E-state index is 12.4. The van der Waals surface area contributed by atoms with Crippen LogP contribution in [0, 0.1) is 0 Å².